The van der Waals surface area contributed by atoms with Gasteiger partial charge in [0.05, 0.1) is 12.5 Å². The van der Waals surface area contributed by atoms with Gasteiger partial charge in [-0.2, -0.15) is 0 Å². The first kappa shape index (κ1) is 17.7. The highest BCUT2D eigenvalue weighted by Crippen LogP contribution is 2.60. The number of hydrogen-bond acceptors (Lipinski definition) is 2. The highest BCUT2D eigenvalue weighted by Gasteiger charge is 2.60. The number of halogens is 1. The highest BCUT2D eigenvalue weighted by atomic mass is 19.1. The topological polar surface area (TPSA) is 66.4 Å². The molecular formula is C22H22FNO3. The van der Waals surface area contributed by atoms with E-state index in [1.807, 2.05) is 12.1 Å². The number of benzene rings is 2. The fraction of sp³-hybridized carbons (Fsp3) is 0.364. The van der Waals surface area contributed by atoms with Crippen LogP contribution in [0.3, 0.4) is 0 Å². The zero-order valence-corrected chi connectivity index (χ0v) is 15.0. The molecule has 2 aliphatic carbocycles. The van der Waals surface area contributed by atoms with Gasteiger partial charge in [0.25, 0.3) is 0 Å². The van der Waals surface area contributed by atoms with Crippen molar-refractivity contribution in [2.24, 2.45) is 5.92 Å². The normalized spacial score (nSPS) is 24.1. The first-order valence-corrected chi connectivity index (χ1v) is 9.35. The van der Waals surface area contributed by atoms with E-state index in [4.69, 9.17) is 0 Å². The molecule has 0 radical (unpaired) electrons. The molecule has 1 saturated carbocycles. The Morgan fingerprint density at radius 3 is 2.67 bits per heavy atom. The van der Waals surface area contributed by atoms with Crippen molar-refractivity contribution in [1.29, 1.82) is 0 Å². The van der Waals surface area contributed by atoms with Gasteiger partial charge in [0.1, 0.15) is 5.82 Å². The van der Waals surface area contributed by atoms with Crippen LogP contribution < -0.4 is 5.32 Å². The van der Waals surface area contributed by atoms with Crippen molar-refractivity contribution >= 4 is 11.9 Å². The third kappa shape index (κ3) is 3.34. The predicted molar refractivity (Wildman–Crippen MR) is 98.7 cm³/mol. The fourth-order valence-corrected chi connectivity index (χ4v) is 4.57. The van der Waals surface area contributed by atoms with Crippen molar-refractivity contribution in [1.82, 2.24) is 5.32 Å². The average molecular weight is 367 g/mol. The van der Waals surface area contributed by atoms with E-state index in [0.717, 1.165) is 25.7 Å². The third-order valence-corrected chi connectivity index (χ3v) is 5.98. The summed E-state index contributed by atoms with van der Waals surface area (Å²) in [5.74, 6) is -1.63. The molecule has 0 heterocycles. The molecule has 5 heteroatoms. The summed E-state index contributed by atoms with van der Waals surface area (Å²) in [6.45, 7) is 0. The monoisotopic (exact) mass is 367 g/mol. The maximum absolute atomic E-state index is 13.2. The summed E-state index contributed by atoms with van der Waals surface area (Å²) >= 11 is 0. The van der Waals surface area contributed by atoms with Crippen LogP contribution in [0.2, 0.25) is 0 Å². The number of carboxylic acids is 1. The first-order valence-electron chi connectivity index (χ1n) is 9.35. The molecule has 2 N–H and O–H groups in total. The van der Waals surface area contributed by atoms with Gasteiger partial charge in [-0.15, -0.1) is 0 Å². The molecule has 4 rings (SSSR count). The minimum atomic E-state index is -1.00. The summed E-state index contributed by atoms with van der Waals surface area (Å²) in [5, 5.41) is 12.1. The summed E-state index contributed by atoms with van der Waals surface area (Å²) in [7, 11) is 0. The number of carboxylic acid groups (broad SMARTS) is 1. The first-order chi connectivity index (χ1) is 13.0. The molecular weight excluding hydrogens is 345 g/mol. The van der Waals surface area contributed by atoms with Gasteiger partial charge in [-0.25, -0.2) is 4.39 Å². The fourth-order valence-electron chi connectivity index (χ4n) is 4.57. The highest BCUT2D eigenvalue weighted by molar-refractivity contribution is 5.85. The van der Waals surface area contributed by atoms with E-state index >= 15 is 0 Å². The van der Waals surface area contributed by atoms with Crippen LogP contribution in [0.1, 0.15) is 48.4 Å². The van der Waals surface area contributed by atoms with Crippen LogP contribution in [-0.2, 0) is 21.4 Å². The van der Waals surface area contributed by atoms with Crippen molar-refractivity contribution in [2.75, 3.05) is 0 Å². The number of amides is 1. The Bertz CT molecular complexity index is 879. The Kier molecular flexibility index (Phi) is 4.46. The lowest BCUT2D eigenvalue weighted by Crippen LogP contribution is -2.34. The number of carbonyl (C=O) groups is 2. The zero-order valence-electron chi connectivity index (χ0n) is 15.0. The molecule has 0 saturated heterocycles. The molecule has 1 spiro atoms. The van der Waals surface area contributed by atoms with E-state index in [2.05, 4.69) is 17.4 Å². The maximum atomic E-state index is 13.2. The Morgan fingerprint density at radius 1 is 1.19 bits per heavy atom. The average Bonchev–Trinajstić information content (AvgIpc) is 3.37. The molecule has 0 aromatic heterocycles. The molecule has 0 aliphatic heterocycles. The third-order valence-electron chi connectivity index (χ3n) is 5.98. The summed E-state index contributed by atoms with van der Waals surface area (Å²) in [6, 6.07) is 13.3. The van der Waals surface area contributed by atoms with E-state index in [9.17, 15) is 19.1 Å². The smallest absolute Gasteiger partial charge is 0.305 e. The quantitative estimate of drug-likeness (QED) is 0.846. The van der Waals surface area contributed by atoms with Crippen molar-refractivity contribution in [3.05, 3.63) is 71.0 Å². The number of carbonyl (C=O) groups excluding carboxylic acids is 1. The van der Waals surface area contributed by atoms with E-state index in [0.29, 0.717) is 5.56 Å². The van der Waals surface area contributed by atoms with Crippen molar-refractivity contribution < 1.29 is 19.1 Å². The largest absolute Gasteiger partial charge is 0.481 e. The van der Waals surface area contributed by atoms with Crippen molar-refractivity contribution in [3.63, 3.8) is 0 Å². The lowest BCUT2D eigenvalue weighted by Gasteiger charge is -2.27. The summed E-state index contributed by atoms with van der Waals surface area (Å²) in [4.78, 5) is 24.2. The Balaban J connectivity index is 1.53. The van der Waals surface area contributed by atoms with E-state index in [-0.39, 0.29) is 29.5 Å². The molecule has 4 nitrogen and oxygen atoms in total. The molecule has 2 aromatic rings. The van der Waals surface area contributed by atoms with Gasteiger partial charge in [-0.3, -0.25) is 9.59 Å². The number of aryl methyl sites for hydroxylation is 1. The maximum Gasteiger partial charge on any atom is 0.305 e. The van der Waals surface area contributed by atoms with Gasteiger partial charge >= 0.3 is 5.97 Å². The Labute approximate surface area is 157 Å². The second kappa shape index (κ2) is 6.80. The van der Waals surface area contributed by atoms with E-state index in [1.54, 1.807) is 0 Å². The van der Waals surface area contributed by atoms with Gasteiger partial charge in [-0.05, 0) is 54.5 Å². The van der Waals surface area contributed by atoms with E-state index < -0.39 is 12.0 Å². The second-order valence-electron chi connectivity index (χ2n) is 7.63. The second-order valence-corrected chi connectivity index (χ2v) is 7.63. The van der Waals surface area contributed by atoms with Gasteiger partial charge in [0.15, 0.2) is 0 Å². The van der Waals surface area contributed by atoms with Crippen molar-refractivity contribution in [3.8, 4) is 0 Å². The summed E-state index contributed by atoms with van der Waals surface area (Å²) in [6.07, 6.45) is 3.68. The van der Waals surface area contributed by atoms with Crippen LogP contribution in [0.4, 0.5) is 4.39 Å². The molecule has 1 fully saturated rings. The van der Waals surface area contributed by atoms with E-state index in [1.165, 1.54) is 35.4 Å². The molecule has 1 amide bonds. The van der Waals surface area contributed by atoms with Crippen LogP contribution in [-0.4, -0.2) is 17.0 Å². The molecule has 27 heavy (non-hydrogen) atoms. The molecule has 3 unspecified atom stereocenters. The molecule has 140 valence electrons. The van der Waals surface area contributed by atoms with Crippen LogP contribution >= 0.6 is 0 Å². The predicted octanol–water partition coefficient (Wildman–Crippen LogP) is 3.75. The van der Waals surface area contributed by atoms with Crippen molar-refractivity contribution in [2.45, 2.75) is 43.6 Å². The Hall–Kier alpha value is -2.69. The summed E-state index contributed by atoms with van der Waals surface area (Å²) < 4.78 is 13.2. The molecule has 3 atom stereocenters. The van der Waals surface area contributed by atoms with Crippen LogP contribution in [0.25, 0.3) is 0 Å². The minimum Gasteiger partial charge on any atom is -0.481 e. The minimum absolute atomic E-state index is 0.102. The van der Waals surface area contributed by atoms with Gasteiger partial charge in [-0.1, -0.05) is 36.4 Å². The molecule has 2 aromatic carbocycles. The molecule has 0 bridgehead atoms. The van der Waals surface area contributed by atoms with Gasteiger partial charge < -0.3 is 10.4 Å². The van der Waals surface area contributed by atoms with Gasteiger partial charge in [0, 0.05) is 11.3 Å². The lowest BCUT2D eigenvalue weighted by atomic mass is 9.78. The number of fused-ring (bicyclic) bond motifs is 2. The number of rotatable bonds is 5. The number of aliphatic carboxylic acids is 1. The Morgan fingerprint density at radius 2 is 1.93 bits per heavy atom. The zero-order chi connectivity index (χ0) is 19.0. The van der Waals surface area contributed by atoms with Crippen LogP contribution in [0, 0.1) is 11.7 Å². The van der Waals surface area contributed by atoms with Crippen LogP contribution in [0.15, 0.2) is 48.5 Å². The number of nitrogens with one attached hydrogen (secondary N) is 1. The lowest BCUT2D eigenvalue weighted by molar-refractivity contribution is -0.137. The number of hydrogen-bond donors (Lipinski definition) is 2. The summed E-state index contributed by atoms with van der Waals surface area (Å²) in [5.41, 5.74) is 3.09. The van der Waals surface area contributed by atoms with Crippen LogP contribution in [0.5, 0.6) is 0 Å². The SMILES string of the molecule is O=C(O)CC(NC(=O)C1CC12CCCc1ccccc12)c1ccc(F)cc1. The standard InChI is InChI=1S/C22H22FNO3/c23-16-9-7-15(8-10-16)19(12-20(25)26)24-21(27)18-13-22(18)11-3-5-14-4-1-2-6-17(14)22/h1-2,4,6-10,18-19H,3,5,11-13H2,(H,24,27)(H,25,26). The molecule has 2 aliphatic rings. The van der Waals surface area contributed by atoms with Gasteiger partial charge in [0.2, 0.25) is 5.91 Å².